The van der Waals surface area contributed by atoms with Gasteiger partial charge in [0, 0.05) is 44.4 Å². The maximum absolute atomic E-state index is 12.5. The SMILES string of the molecule is CC(C)Oc1cc(-n2nc(C(C)(C)C)oc2=O)c(Cl)cc1Cl.CCNc1nc(Cl)nc(NC(C)C)n1.COc1cc(OC)nc(NC(=O)NS(=O)(=O)c2ncccc2C(=O)N(C)C)n1.C[S+](C)C.O=C(O)CNCP(=O)([O-])O. The van der Waals surface area contributed by atoms with Crippen molar-refractivity contribution in [3.8, 4) is 23.2 Å². The number of pyridine rings is 1. The summed E-state index contributed by atoms with van der Waals surface area (Å²) in [6.07, 6.45) is 7.00. The highest BCUT2D eigenvalue weighted by atomic mass is 35.5. The van der Waals surface area contributed by atoms with Crippen LogP contribution in [0.15, 0.2) is 50.8 Å². The number of aromatic nitrogens is 8. The van der Waals surface area contributed by atoms with Crippen LogP contribution in [0.2, 0.25) is 15.3 Å². The molecular weight excluding hydrogens is 1150 g/mol. The second-order valence-corrected chi connectivity index (χ2v) is 24.3. The third kappa shape index (κ3) is 26.5. The Balaban J connectivity index is 0.000000539. The monoisotopic (exact) mass is 1210 g/mol. The Bertz CT molecular complexity index is 2950. The number of carbonyl (C=O) groups excluding carboxylic acids is 2. The van der Waals surface area contributed by atoms with Gasteiger partial charge in [-0.3, -0.25) is 20.2 Å². The number of ether oxygens (including phenoxy) is 3. The minimum Gasteiger partial charge on any atom is -0.778 e. The van der Waals surface area contributed by atoms with Crippen molar-refractivity contribution in [1.29, 1.82) is 0 Å². The topological polar surface area (TPSA) is 382 Å². The van der Waals surface area contributed by atoms with Crippen LogP contribution in [-0.2, 0) is 35.7 Å². The zero-order valence-corrected chi connectivity index (χ0v) is 50.3. The summed E-state index contributed by atoms with van der Waals surface area (Å²) in [7, 11) is -2.56. The summed E-state index contributed by atoms with van der Waals surface area (Å²) in [5, 5.41) is 22.6. The van der Waals surface area contributed by atoms with Crippen molar-refractivity contribution >= 4 is 99.1 Å². The Morgan fingerprint density at radius 1 is 0.936 bits per heavy atom. The van der Waals surface area contributed by atoms with E-state index in [1.165, 1.54) is 63.7 Å². The molecule has 0 saturated carbocycles. The molecule has 0 saturated heterocycles. The van der Waals surface area contributed by atoms with E-state index in [0.717, 1.165) is 11.2 Å². The van der Waals surface area contributed by atoms with Gasteiger partial charge in [-0.15, -0.1) is 5.10 Å². The minimum absolute atomic E-state index is 0.0642. The van der Waals surface area contributed by atoms with Crippen LogP contribution in [0.1, 0.15) is 71.6 Å². The molecule has 0 bridgehead atoms. The number of carboxylic acid groups (broad SMARTS) is 1. The fourth-order valence-corrected chi connectivity index (χ4v) is 7.05. The highest BCUT2D eigenvalue weighted by Gasteiger charge is 2.28. The van der Waals surface area contributed by atoms with Gasteiger partial charge in [0.1, 0.15) is 13.3 Å². The van der Waals surface area contributed by atoms with Gasteiger partial charge in [0.2, 0.25) is 40.8 Å². The quantitative estimate of drug-likeness (QED) is 0.0487. The van der Waals surface area contributed by atoms with Crippen LogP contribution in [0, 0.1) is 0 Å². The van der Waals surface area contributed by atoms with E-state index in [1.54, 1.807) is 10.8 Å². The number of halogens is 3. The summed E-state index contributed by atoms with van der Waals surface area (Å²) in [6, 6.07) is 6.28. The third-order valence-corrected chi connectivity index (χ3v) is 10.6. The average Bonchev–Trinajstić information content (AvgIpc) is 3.70. The molecule has 1 atom stereocenters. The van der Waals surface area contributed by atoms with Gasteiger partial charge in [0.15, 0.2) is 5.03 Å². The number of sulfonamides is 1. The first-order valence-corrected chi connectivity index (χ1v) is 29.5. The molecule has 4 heterocycles. The Labute approximate surface area is 469 Å². The Hall–Kier alpha value is -6.11. The largest absolute Gasteiger partial charge is 0.778 e. The molecule has 7 N–H and O–H groups in total. The van der Waals surface area contributed by atoms with E-state index in [-0.39, 0.29) is 51.1 Å². The maximum atomic E-state index is 12.5. The van der Waals surface area contributed by atoms with Gasteiger partial charge in [0.25, 0.3) is 15.9 Å². The standard InChI is InChI=1S/C15H18Cl2N2O3.C15H18N6O6S.C8H14ClN5.C3H8NO5P.C3H9S/c1-8(2)21-12-7-11(9(16)6-10(12)17)19-14(20)22-13(18-19)15(3,4)5;1-21(2)13(22)9-6-5-7-16-12(9)28(24,25)20-15(23)19-14-17-10(26-3)8-11(18-14)27-4;1-4-10-7-12-6(9)13-8(14-7)11-5(2)3;5-3(6)1-4-2-10(7,8)9;1-4(2)3/h6-8H,1-5H3;5-8H,1-4H3,(H2,17,18,19,20,23);5H,4H2,1-3H3,(H2,10,11,12,13,14);4H,1-2H2,(H,5,6)(H2,7,8,9);1-3H3/q;;;;+1/p-1. The van der Waals surface area contributed by atoms with Crippen molar-refractivity contribution in [3.05, 3.63) is 73.9 Å². The zero-order valence-electron chi connectivity index (χ0n) is 45.5. The van der Waals surface area contributed by atoms with Crippen LogP contribution in [0.4, 0.5) is 22.6 Å². The second-order valence-electron chi connectivity index (χ2n) is 17.5. The summed E-state index contributed by atoms with van der Waals surface area (Å²) < 4.78 is 58.6. The second kappa shape index (κ2) is 32.7. The number of anilines is 3. The lowest BCUT2D eigenvalue weighted by atomic mass is 9.97. The number of methoxy groups -OCH3 is 2. The van der Waals surface area contributed by atoms with Crippen LogP contribution in [0.25, 0.3) is 5.69 Å². The van der Waals surface area contributed by atoms with Crippen LogP contribution in [-0.4, -0.2) is 160 Å². The minimum atomic E-state index is -4.46. The highest BCUT2D eigenvalue weighted by Crippen LogP contribution is 2.34. The van der Waals surface area contributed by atoms with E-state index < -0.39 is 59.1 Å². The lowest BCUT2D eigenvalue weighted by Gasteiger charge is -2.14. The van der Waals surface area contributed by atoms with Gasteiger partial charge < -0.3 is 53.6 Å². The number of urea groups is 1. The smallest absolute Gasteiger partial charge is 0.442 e. The molecule has 1 aromatic carbocycles. The number of nitrogens with one attached hydrogen (secondary N) is 5. The molecule has 5 aromatic rings. The van der Waals surface area contributed by atoms with Crippen LogP contribution >= 0.6 is 42.4 Å². The first-order chi connectivity index (χ1) is 36.0. The van der Waals surface area contributed by atoms with Gasteiger partial charge >= 0.3 is 17.8 Å². The highest BCUT2D eigenvalue weighted by molar-refractivity contribution is 7.94. The Morgan fingerprint density at radius 3 is 1.99 bits per heavy atom. The number of hydrogen-bond acceptors (Lipinski definition) is 22. The lowest BCUT2D eigenvalue weighted by Crippen LogP contribution is -2.36. The molecule has 78 heavy (non-hydrogen) atoms. The van der Waals surface area contributed by atoms with Crippen molar-refractivity contribution in [1.82, 2.24) is 54.6 Å². The van der Waals surface area contributed by atoms with E-state index in [0.29, 0.717) is 45.1 Å². The molecule has 0 aliphatic carbocycles. The zero-order chi connectivity index (χ0) is 59.9. The molecule has 3 amide bonds. The van der Waals surface area contributed by atoms with Crippen LogP contribution in [0.5, 0.6) is 17.5 Å². The molecule has 1 unspecified atom stereocenters. The number of benzene rings is 1. The third-order valence-electron chi connectivity index (χ3n) is 7.94. The van der Waals surface area contributed by atoms with Gasteiger partial charge in [-0.25, -0.2) is 19.3 Å². The fourth-order valence-electron chi connectivity index (χ4n) is 4.95. The predicted octanol–water partition coefficient (Wildman–Crippen LogP) is 4.75. The van der Waals surface area contributed by atoms with Gasteiger partial charge in [-0.2, -0.15) is 38.0 Å². The van der Waals surface area contributed by atoms with Crippen molar-refractivity contribution in [2.45, 2.75) is 78.0 Å². The molecular formula is C44H66Cl3N14O14PS2. The van der Waals surface area contributed by atoms with E-state index in [9.17, 15) is 37.1 Å². The normalized spacial score (nSPS) is 11.6. The summed E-state index contributed by atoms with van der Waals surface area (Å²) in [5.74, 6) is -0.686. The molecule has 4 aromatic heterocycles. The number of carboxylic acids is 1. The molecule has 434 valence electrons. The molecule has 34 heteroatoms. The van der Waals surface area contributed by atoms with Crippen molar-refractivity contribution in [3.63, 3.8) is 0 Å². The Kier molecular flexibility index (Phi) is 29.3. The predicted molar refractivity (Wildman–Crippen MR) is 297 cm³/mol. The number of hydrogen-bond donors (Lipinski definition) is 7. The molecule has 0 fully saturated rings. The van der Waals surface area contributed by atoms with Gasteiger partial charge in [-0.05, 0) is 75.3 Å². The summed E-state index contributed by atoms with van der Waals surface area (Å²) in [4.78, 5) is 88.8. The van der Waals surface area contributed by atoms with Crippen molar-refractivity contribution in [2.75, 3.05) is 82.4 Å². The lowest BCUT2D eigenvalue weighted by molar-refractivity contribution is -0.193. The number of rotatable bonds is 17. The number of amides is 3. The number of nitrogens with zero attached hydrogens (tertiary/aromatic N) is 9. The van der Waals surface area contributed by atoms with E-state index in [1.807, 2.05) is 60.7 Å². The summed E-state index contributed by atoms with van der Waals surface area (Å²) in [5.41, 5.74) is -0.210. The molecule has 0 spiro atoms. The Morgan fingerprint density at radius 2 is 1.51 bits per heavy atom. The van der Waals surface area contributed by atoms with E-state index >= 15 is 0 Å². The fraction of sp³-hybridized carbons (Fsp3) is 0.477. The molecule has 0 aliphatic heterocycles. The first-order valence-electron chi connectivity index (χ1n) is 22.6. The molecule has 0 aliphatic rings. The van der Waals surface area contributed by atoms with E-state index in [4.69, 9.17) is 63.4 Å². The maximum Gasteiger partial charge on any atom is 0.442 e. The van der Waals surface area contributed by atoms with Crippen LogP contribution in [0.3, 0.4) is 0 Å². The number of aliphatic carboxylic acids is 1. The van der Waals surface area contributed by atoms with Gasteiger partial charge in [-0.1, -0.05) is 44.0 Å². The van der Waals surface area contributed by atoms with E-state index in [2.05, 4.69) is 69.7 Å². The number of carbonyl (C=O) groups is 3. The molecule has 28 nitrogen and oxygen atoms in total. The first kappa shape index (κ1) is 69.9. The van der Waals surface area contributed by atoms with Crippen molar-refractivity contribution in [2.24, 2.45) is 0 Å². The molecule has 0 radical (unpaired) electrons. The molecule has 5 rings (SSSR count). The van der Waals surface area contributed by atoms with Crippen LogP contribution < -0.4 is 50.8 Å². The summed E-state index contributed by atoms with van der Waals surface area (Å²) >= 11 is 18.0. The van der Waals surface area contributed by atoms with Gasteiger partial charge in [0.05, 0.1) is 79.3 Å². The van der Waals surface area contributed by atoms with Crippen molar-refractivity contribution < 1.29 is 60.9 Å². The average molecular weight is 1220 g/mol. The summed E-state index contributed by atoms with van der Waals surface area (Å²) in [6.45, 7) is 15.7.